The van der Waals surface area contributed by atoms with E-state index in [0.29, 0.717) is 18.1 Å². The molecule has 3 rings (SSSR count). The smallest absolute Gasteiger partial charge is 0.270 e. The zero-order valence-corrected chi connectivity index (χ0v) is 14.1. The van der Waals surface area contributed by atoms with Gasteiger partial charge in [-0.3, -0.25) is 14.6 Å². The fraction of sp³-hybridized carbons (Fsp3) is 0.105. The molecule has 7 nitrogen and oxygen atoms in total. The Morgan fingerprint density at radius 2 is 1.85 bits per heavy atom. The third-order valence-electron chi connectivity index (χ3n) is 3.61. The molecule has 2 aromatic heterocycles. The lowest BCUT2D eigenvalue weighted by Crippen LogP contribution is -2.24. The van der Waals surface area contributed by atoms with Crippen LogP contribution in [0.5, 0.6) is 0 Å². The summed E-state index contributed by atoms with van der Waals surface area (Å²) in [5.41, 5.74) is 2.51. The molecule has 0 aliphatic rings. The van der Waals surface area contributed by atoms with Gasteiger partial charge in [-0.25, -0.2) is 9.97 Å². The Balaban J connectivity index is 1.65. The number of carbonyl (C=O) groups excluding carboxylic acids is 2. The molecule has 0 spiro atoms. The van der Waals surface area contributed by atoms with E-state index in [2.05, 4.69) is 25.6 Å². The summed E-state index contributed by atoms with van der Waals surface area (Å²) in [6.45, 7) is 1.88. The van der Waals surface area contributed by atoms with Crippen LogP contribution in [0.25, 0.3) is 0 Å². The summed E-state index contributed by atoms with van der Waals surface area (Å²) < 4.78 is 0. The minimum Gasteiger partial charge on any atom is -0.347 e. The number of benzene rings is 1. The zero-order valence-electron chi connectivity index (χ0n) is 14.1. The number of ketones is 1. The number of hydrogen-bond donors (Lipinski definition) is 2. The lowest BCUT2D eigenvalue weighted by Gasteiger charge is -2.08. The zero-order chi connectivity index (χ0) is 18.4. The van der Waals surface area contributed by atoms with Gasteiger partial charge in [0.25, 0.3) is 5.91 Å². The standard InChI is InChI=1S/C19H17N5O2/c1-13(25)15-4-6-16(7-5-15)23-19-21-10-8-17(24-19)18(26)22-12-14-3-2-9-20-11-14/h2-11H,12H2,1H3,(H,22,26)(H,21,23,24). The van der Waals surface area contributed by atoms with Crippen LogP contribution in [-0.4, -0.2) is 26.6 Å². The molecular formula is C19H17N5O2. The van der Waals surface area contributed by atoms with Crippen molar-refractivity contribution in [2.24, 2.45) is 0 Å². The van der Waals surface area contributed by atoms with Crippen LogP contribution in [0.2, 0.25) is 0 Å². The van der Waals surface area contributed by atoms with Crippen molar-refractivity contribution < 1.29 is 9.59 Å². The van der Waals surface area contributed by atoms with Crippen LogP contribution in [0.4, 0.5) is 11.6 Å². The first-order valence-electron chi connectivity index (χ1n) is 8.00. The van der Waals surface area contributed by atoms with Gasteiger partial charge in [0.2, 0.25) is 5.95 Å². The van der Waals surface area contributed by atoms with E-state index in [-0.39, 0.29) is 17.4 Å². The number of rotatable bonds is 6. The van der Waals surface area contributed by atoms with Crippen LogP contribution in [-0.2, 0) is 6.54 Å². The number of amides is 1. The maximum atomic E-state index is 12.3. The number of aromatic nitrogens is 3. The first-order chi connectivity index (χ1) is 12.6. The van der Waals surface area contributed by atoms with Gasteiger partial charge in [0.15, 0.2) is 5.78 Å². The summed E-state index contributed by atoms with van der Waals surface area (Å²) in [6, 6.07) is 12.2. The van der Waals surface area contributed by atoms with Crippen molar-refractivity contribution in [1.29, 1.82) is 0 Å². The van der Waals surface area contributed by atoms with Gasteiger partial charge in [0.1, 0.15) is 5.69 Å². The quantitative estimate of drug-likeness (QED) is 0.666. The van der Waals surface area contributed by atoms with Gasteiger partial charge in [0, 0.05) is 36.4 Å². The number of hydrogen-bond acceptors (Lipinski definition) is 6. The highest BCUT2D eigenvalue weighted by Crippen LogP contribution is 2.14. The molecule has 1 aromatic carbocycles. The summed E-state index contributed by atoms with van der Waals surface area (Å²) in [5, 5.41) is 5.81. The highest BCUT2D eigenvalue weighted by molar-refractivity contribution is 5.94. The van der Waals surface area contributed by atoms with Gasteiger partial charge >= 0.3 is 0 Å². The monoisotopic (exact) mass is 347 g/mol. The van der Waals surface area contributed by atoms with E-state index in [1.807, 2.05) is 12.1 Å². The van der Waals surface area contributed by atoms with E-state index in [9.17, 15) is 9.59 Å². The van der Waals surface area contributed by atoms with Gasteiger partial charge in [0.05, 0.1) is 0 Å². The normalized spacial score (nSPS) is 10.2. The maximum Gasteiger partial charge on any atom is 0.270 e. The van der Waals surface area contributed by atoms with Gasteiger partial charge in [-0.1, -0.05) is 6.07 Å². The molecule has 130 valence electrons. The Labute approximate surface area is 150 Å². The summed E-state index contributed by atoms with van der Waals surface area (Å²) in [5.74, 6) is 0.000850. The van der Waals surface area contributed by atoms with Crippen LogP contribution in [0.3, 0.4) is 0 Å². The van der Waals surface area contributed by atoms with Crippen molar-refractivity contribution in [3.05, 3.63) is 77.9 Å². The number of carbonyl (C=O) groups is 2. The van der Waals surface area contributed by atoms with E-state index in [0.717, 1.165) is 11.3 Å². The fourth-order valence-electron chi connectivity index (χ4n) is 2.24. The second-order valence-electron chi connectivity index (χ2n) is 5.57. The lowest BCUT2D eigenvalue weighted by atomic mass is 10.1. The molecule has 0 atom stereocenters. The molecule has 2 heterocycles. The second-order valence-corrected chi connectivity index (χ2v) is 5.57. The van der Waals surface area contributed by atoms with Crippen LogP contribution in [0.1, 0.15) is 33.3 Å². The van der Waals surface area contributed by atoms with Crippen LogP contribution in [0.15, 0.2) is 61.1 Å². The Hall–Kier alpha value is -3.61. The molecule has 1 amide bonds. The van der Waals surface area contributed by atoms with Gasteiger partial charge < -0.3 is 10.6 Å². The third kappa shape index (κ3) is 4.47. The van der Waals surface area contributed by atoms with Crippen molar-refractivity contribution in [2.75, 3.05) is 5.32 Å². The molecule has 7 heteroatoms. The molecule has 0 aliphatic carbocycles. The number of nitrogens with zero attached hydrogens (tertiary/aromatic N) is 3. The molecule has 3 aromatic rings. The van der Waals surface area contributed by atoms with Crippen LogP contribution >= 0.6 is 0 Å². The predicted octanol–water partition coefficient (Wildman–Crippen LogP) is 2.75. The molecule has 0 saturated carbocycles. The van der Waals surface area contributed by atoms with E-state index < -0.39 is 0 Å². The summed E-state index contributed by atoms with van der Waals surface area (Å²) in [6.07, 6.45) is 4.88. The topological polar surface area (TPSA) is 96.9 Å². The van der Waals surface area contributed by atoms with Crippen molar-refractivity contribution in [3.8, 4) is 0 Å². The number of anilines is 2. The molecule has 0 fully saturated rings. The van der Waals surface area contributed by atoms with Crippen molar-refractivity contribution in [3.63, 3.8) is 0 Å². The Morgan fingerprint density at radius 1 is 1.04 bits per heavy atom. The van der Waals surface area contributed by atoms with Crippen molar-refractivity contribution in [2.45, 2.75) is 13.5 Å². The second kappa shape index (κ2) is 7.98. The number of nitrogens with one attached hydrogen (secondary N) is 2. The molecular weight excluding hydrogens is 330 g/mol. The third-order valence-corrected chi connectivity index (χ3v) is 3.61. The molecule has 0 aliphatic heterocycles. The average molecular weight is 347 g/mol. The first kappa shape index (κ1) is 17.2. The predicted molar refractivity (Wildman–Crippen MR) is 97.2 cm³/mol. The molecule has 0 radical (unpaired) electrons. The first-order valence-corrected chi connectivity index (χ1v) is 8.00. The highest BCUT2D eigenvalue weighted by atomic mass is 16.1. The largest absolute Gasteiger partial charge is 0.347 e. The van der Waals surface area contributed by atoms with Crippen LogP contribution in [0, 0.1) is 0 Å². The van der Waals surface area contributed by atoms with Crippen molar-refractivity contribution in [1.82, 2.24) is 20.3 Å². The lowest BCUT2D eigenvalue weighted by molar-refractivity contribution is 0.0945. The fourth-order valence-corrected chi connectivity index (χ4v) is 2.24. The Morgan fingerprint density at radius 3 is 2.54 bits per heavy atom. The molecule has 0 saturated heterocycles. The summed E-state index contributed by atoms with van der Waals surface area (Å²) in [7, 11) is 0. The minimum atomic E-state index is -0.300. The van der Waals surface area contributed by atoms with Crippen LogP contribution < -0.4 is 10.6 Å². The van der Waals surface area contributed by atoms with Gasteiger partial charge in [-0.05, 0) is 48.9 Å². The summed E-state index contributed by atoms with van der Waals surface area (Å²) >= 11 is 0. The van der Waals surface area contributed by atoms with E-state index >= 15 is 0 Å². The number of pyridine rings is 1. The molecule has 0 unspecified atom stereocenters. The van der Waals surface area contributed by atoms with Gasteiger partial charge in [-0.2, -0.15) is 0 Å². The average Bonchev–Trinajstić information content (AvgIpc) is 2.67. The van der Waals surface area contributed by atoms with E-state index in [4.69, 9.17) is 0 Å². The van der Waals surface area contributed by atoms with Gasteiger partial charge in [-0.15, -0.1) is 0 Å². The highest BCUT2D eigenvalue weighted by Gasteiger charge is 2.09. The molecule has 26 heavy (non-hydrogen) atoms. The Kier molecular flexibility index (Phi) is 5.28. The van der Waals surface area contributed by atoms with Crippen molar-refractivity contribution >= 4 is 23.3 Å². The van der Waals surface area contributed by atoms with E-state index in [1.54, 1.807) is 42.7 Å². The Bertz CT molecular complexity index is 911. The SMILES string of the molecule is CC(=O)c1ccc(Nc2nccc(C(=O)NCc3cccnc3)n2)cc1. The maximum absolute atomic E-state index is 12.3. The van der Waals surface area contributed by atoms with E-state index in [1.165, 1.54) is 13.1 Å². The minimum absolute atomic E-state index is 0.0000783. The molecule has 0 bridgehead atoms. The summed E-state index contributed by atoms with van der Waals surface area (Å²) in [4.78, 5) is 35.9. The molecule has 2 N–H and O–H groups in total. The number of Topliss-reactive ketones (excluding diaryl/α,β-unsaturated/α-hetero) is 1.